The predicted octanol–water partition coefficient (Wildman–Crippen LogP) is 3.62. The van der Waals surface area contributed by atoms with Gasteiger partial charge in [0.25, 0.3) is 0 Å². The number of carbonyl (C=O) groups is 1. The topological polar surface area (TPSA) is 29.5 Å². The van der Waals surface area contributed by atoms with Crippen LogP contribution in [0.1, 0.15) is 26.7 Å². The van der Waals surface area contributed by atoms with Crippen LogP contribution in [0.4, 0.5) is 5.69 Å². The Labute approximate surface area is 123 Å². The number of ether oxygens (including phenoxy) is 1. The van der Waals surface area contributed by atoms with Crippen molar-refractivity contribution in [2.45, 2.75) is 32.8 Å². The number of hydrogen-bond donors (Lipinski definition) is 0. The largest absolute Gasteiger partial charge is 0.463 e. The van der Waals surface area contributed by atoms with E-state index in [1.165, 1.54) is 5.69 Å². The van der Waals surface area contributed by atoms with E-state index in [4.69, 9.17) is 4.74 Å². The number of hydrogen-bond acceptors (Lipinski definition) is 3. The van der Waals surface area contributed by atoms with Crippen molar-refractivity contribution in [3.05, 3.63) is 28.7 Å². The van der Waals surface area contributed by atoms with Crippen molar-refractivity contribution in [3.8, 4) is 0 Å². The smallest absolute Gasteiger partial charge is 0.306 e. The zero-order valence-corrected chi connectivity index (χ0v) is 13.0. The van der Waals surface area contributed by atoms with Crippen molar-refractivity contribution in [1.82, 2.24) is 0 Å². The highest BCUT2D eigenvalue weighted by atomic mass is 79.9. The van der Waals surface area contributed by atoms with E-state index in [2.05, 4.69) is 45.1 Å². The number of benzene rings is 1. The van der Waals surface area contributed by atoms with Crippen LogP contribution in [-0.2, 0) is 9.53 Å². The highest BCUT2D eigenvalue weighted by Crippen LogP contribution is 2.27. The van der Waals surface area contributed by atoms with Crippen LogP contribution in [0.5, 0.6) is 0 Å². The van der Waals surface area contributed by atoms with Crippen molar-refractivity contribution in [2.24, 2.45) is 5.92 Å². The number of nitrogens with zero attached hydrogens (tertiary/aromatic N) is 1. The Morgan fingerprint density at radius 1 is 1.42 bits per heavy atom. The van der Waals surface area contributed by atoms with Crippen LogP contribution < -0.4 is 4.90 Å². The van der Waals surface area contributed by atoms with Crippen molar-refractivity contribution in [2.75, 3.05) is 18.0 Å². The summed E-state index contributed by atoms with van der Waals surface area (Å²) in [5, 5.41) is 0. The zero-order valence-electron chi connectivity index (χ0n) is 11.4. The van der Waals surface area contributed by atoms with Gasteiger partial charge in [-0.2, -0.15) is 0 Å². The van der Waals surface area contributed by atoms with Gasteiger partial charge in [0.15, 0.2) is 0 Å². The van der Waals surface area contributed by atoms with Crippen LogP contribution in [0.25, 0.3) is 0 Å². The molecule has 0 radical (unpaired) electrons. The van der Waals surface area contributed by atoms with E-state index in [-0.39, 0.29) is 12.1 Å². The van der Waals surface area contributed by atoms with Gasteiger partial charge in [-0.25, -0.2) is 0 Å². The molecule has 4 heteroatoms. The molecule has 1 aromatic rings. The van der Waals surface area contributed by atoms with E-state index in [1.54, 1.807) is 0 Å². The second kappa shape index (κ2) is 6.42. The van der Waals surface area contributed by atoms with E-state index in [9.17, 15) is 4.79 Å². The van der Waals surface area contributed by atoms with E-state index in [1.807, 2.05) is 13.8 Å². The van der Waals surface area contributed by atoms with Gasteiger partial charge >= 0.3 is 5.97 Å². The summed E-state index contributed by atoms with van der Waals surface area (Å²) in [6.07, 6.45) is 1.57. The van der Waals surface area contributed by atoms with Crippen LogP contribution >= 0.6 is 15.9 Å². The molecule has 0 saturated carbocycles. The molecule has 0 bridgehead atoms. The first-order chi connectivity index (χ1) is 9.04. The minimum Gasteiger partial charge on any atom is -0.463 e. The maximum atomic E-state index is 11.7. The third-order valence-corrected chi connectivity index (χ3v) is 3.83. The second-order valence-corrected chi connectivity index (χ2v) is 6.24. The molecule has 1 aromatic carbocycles. The molecule has 1 atom stereocenters. The average molecular weight is 326 g/mol. The van der Waals surface area contributed by atoms with E-state index < -0.39 is 0 Å². The maximum Gasteiger partial charge on any atom is 0.306 e. The van der Waals surface area contributed by atoms with E-state index in [0.29, 0.717) is 12.3 Å². The summed E-state index contributed by atoms with van der Waals surface area (Å²) in [5.74, 6) is 0.340. The van der Waals surface area contributed by atoms with Crippen LogP contribution in [0.2, 0.25) is 0 Å². The van der Waals surface area contributed by atoms with Crippen molar-refractivity contribution < 1.29 is 9.53 Å². The molecule has 2 rings (SSSR count). The SMILES string of the molecule is CC(C)OC(=O)CC1CCN(c2ccc(Br)cc2)C1. The Morgan fingerprint density at radius 3 is 2.74 bits per heavy atom. The molecule has 19 heavy (non-hydrogen) atoms. The Balaban J connectivity index is 1.86. The Kier molecular flexibility index (Phi) is 4.86. The van der Waals surface area contributed by atoms with Gasteiger partial charge in [-0.15, -0.1) is 0 Å². The number of carbonyl (C=O) groups excluding carboxylic acids is 1. The molecule has 1 heterocycles. The summed E-state index contributed by atoms with van der Waals surface area (Å²) in [4.78, 5) is 14.0. The molecular formula is C15H20BrNO2. The first kappa shape index (κ1) is 14.4. The minimum atomic E-state index is -0.0716. The predicted molar refractivity (Wildman–Crippen MR) is 80.3 cm³/mol. The lowest BCUT2D eigenvalue weighted by Gasteiger charge is -2.18. The van der Waals surface area contributed by atoms with Crippen LogP contribution in [0.3, 0.4) is 0 Å². The zero-order chi connectivity index (χ0) is 13.8. The lowest BCUT2D eigenvalue weighted by molar-refractivity contribution is -0.148. The summed E-state index contributed by atoms with van der Waals surface area (Å²) in [5.41, 5.74) is 1.22. The van der Waals surface area contributed by atoms with Gasteiger partial charge in [-0.3, -0.25) is 4.79 Å². The molecule has 3 nitrogen and oxygen atoms in total. The van der Waals surface area contributed by atoms with Crippen LogP contribution in [0.15, 0.2) is 28.7 Å². The molecule has 1 unspecified atom stereocenters. The third-order valence-electron chi connectivity index (χ3n) is 3.30. The molecule has 1 fully saturated rings. The highest BCUT2D eigenvalue weighted by Gasteiger charge is 2.25. The molecule has 0 N–H and O–H groups in total. The van der Waals surface area contributed by atoms with Crippen LogP contribution in [-0.4, -0.2) is 25.2 Å². The fraction of sp³-hybridized carbons (Fsp3) is 0.533. The van der Waals surface area contributed by atoms with Gasteiger partial charge in [0.1, 0.15) is 0 Å². The standard InChI is InChI=1S/C15H20BrNO2/c1-11(2)19-15(18)9-12-7-8-17(10-12)14-5-3-13(16)4-6-14/h3-6,11-12H,7-10H2,1-2H3. The molecular weight excluding hydrogens is 306 g/mol. The molecule has 0 spiro atoms. The lowest BCUT2D eigenvalue weighted by atomic mass is 10.1. The van der Waals surface area contributed by atoms with Crippen molar-refractivity contribution in [3.63, 3.8) is 0 Å². The average Bonchev–Trinajstić information content (AvgIpc) is 2.77. The van der Waals surface area contributed by atoms with Crippen molar-refractivity contribution in [1.29, 1.82) is 0 Å². The fourth-order valence-electron chi connectivity index (χ4n) is 2.43. The molecule has 0 amide bonds. The van der Waals surface area contributed by atoms with Gasteiger partial charge in [0.05, 0.1) is 12.5 Å². The summed E-state index contributed by atoms with van der Waals surface area (Å²) in [7, 11) is 0. The van der Waals surface area contributed by atoms with Gasteiger partial charge < -0.3 is 9.64 Å². The number of anilines is 1. The normalized spacial score (nSPS) is 18.9. The first-order valence-electron chi connectivity index (χ1n) is 6.74. The summed E-state index contributed by atoms with van der Waals surface area (Å²) in [6, 6.07) is 8.32. The highest BCUT2D eigenvalue weighted by molar-refractivity contribution is 9.10. The Bertz CT molecular complexity index is 430. The van der Waals surface area contributed by atoms with Gasteiger partial charge in [0.2, 0.25) is 0 Å². The Morgan fingerprint density at radius 2 is 2.11 bits per heavy atom. The van der Waals surface area contributed by atoms with Crippen LogP contribution in [0, 0.1) is 5.92 Å². The van der Waals surface area contributed by atoms with Crippen molar-refractivity contribution >= 4 is 27.6 Å². The summed E-state index contributed by atoms with van der Waals surface area (Å²) in [6.45, 7) is 5.73. The van der Waals surface area contributed by atoms with Gasteiger partial charge in [0, 0.05) is 23.2 Å². The molecule has 1 aliphatic heterocycles. The molecule has 0 aromatic heterocycles. The molecule has 1 aliphatic rings. The lowest BCUT2D eigenvalue weighted by Crippen LogP contribution is -2.21. The minimum absolute atomic E-state index is 0.0171. The quantitative estimate of drug-likeness (QED) is 0.792. The number of esters is 1. The summed E-state index contributed by atoms with van der Waals surface area (Å²) >= 11 is 3.44. The fourth-order valence-corrected chi connectivity index (χ4v) is 2.70. The molecule has 104 valence electrons. The first-order valence-corrected chi connectivity index (χ1v) is 7.54. The number of halogens is 1. The van der Waals surface area contributed by atoms with E-state index >= 15 is 0 Å². The van der Waals surface area contributed by atoms with E-state index in [0.717, 1.165) is 24.0 Å². The second-order valence-electron chi connectivity index (χ2n) is 5.32. The maximum absolute atomic E-state index is 11.7. The molecule has 1 saturated heterocycles. The van der Waals surface area contributed by atoms with Gasteiger partial charge in [-0.1, -0.05) is 15.9 Å². The number of rotatable bonds is 4. The third kappa shape index (κ3) is 4.23. The monoisotopic (exact) mass is 325 g/mol. The Hall–Kier alpha value is -1.03. The molecule has 0 aliphatic carbocycles. The van der Waals surface area contributed by atoms with Gasteiger partial charge in [-0.05, 0) is 50.5 Å². The summed E-state index contributed by atoms with van der Waals surface area (Å²) < 4.78 is 6.30.